The van der Waals surface area contributed by atoms with E-state index < -0.39 is 29.7 Å². The van der Waals surface area contributed by atoms with E-state index in [1.54, 1.807) is 0 Å². The monoisotopic (exact) mass is 325 g/mol. The third-order valence-corrected chi connectivity index (χ3v) is 4.72. The average molecular weight is 325 g/mol. The molecule has 23 heavy (non-hydrogen) atoms. The van der Waals surface area contributed by atoms with Crippen LogP contribution in [0.4, 0.5) is 0 Å². The number of hydrogen-bond acceptors (Lipinski definition) is 6. The molecule has 3 heterocycles. The first-order valence-electron chi connectivity index (χ1n) is 8.10. The van der Waals surface area contributed by atoms with Gasteiger partial charge in [-0.3, -0.25) is 19.2 Å². The fourth-order valence-electron chi connectivity index (χ4n) is 3.56. The number of H-pyrrole nitrogens is 1. The lowest BCUT2D eigenvalue weighted by molar-refractivity contribution is -0.0906. The molecule has 2 aliphatic rings. The molecule has 0 aromatic carbocycles. The largest absolute Gasteiger partial charge is 0.394 e. The quantitative estimate of drug-likeness (QED) is 0.657. The van der Waals surface area contributed by atoms with Crippen LogP contribution in [0.2, 0.25) is 0 Å². The highest BCUT2D eigenvalue weighted by Crippen LogP contribution is 2.34. The predicted molar refractivity (Wildman–Crippen MR) is 82.2 cm³/mol. The number of nitrogens with one attached hydrogen (secondary N) is 1. The van der Waals surface area contributed by atoms with Crippen LogP contribution < -0.4 is 11.2 Å². The molecule has 0 unspecified atom stereocenters. The van der Waals surface area contributed by atoms with E-state index in [0.717, 1.165) is 25.9 Å². The van der Waals surface area contributed by atoms with Gasteiger partial charge in [-0.25, -0.2) is 4.79 Å². The van der Waals surface area contributed by atoms with Gasteiger partial charge in [-0.15, -0.1) is 0 Å². The zero-order valence-corrected chi connectivity index (χ0v) is 12.9. The smallest absolute Gasteiger partial charge is 0.330 e. The number of ether oxygens (including phenoxy) is 1. The topological polar surface area (TPSA) is 108 Å². The fraction of sp³-hybridized carbons (Fsp3) is 0.733. The minimum Gasteiger partial charge on any atom is -0.394 e. The summed E-state index contributed by atoms with van der Waals surface area (Å²) in [5.41, 5.74) is -0.984. The van der Waals surface area contributed by atoms with E-state index in [2.05, 4.69) is 9.88 Å². The molecule has 8 nitrogen and oxygen atoms in total. The van der Waals surface area contributed by atoms with Gasteiger partial charge in [0, 0.05) is 24.7 Å². The molecule has 1 aromatic rings. The zero-order valence-electron chi connectivity index (χ0n) is 12.9. The Bertz CT molecular complexity index is 636. The van der Waals surface area contributed by atoms with Crippen LogP contribution in [0.5, 0.6) is 0 Å². The predicted octanol–water partition coefficient (Wildman–Crippen LogP) is -0.968. The summed E-state index contributed by atoms with van der Waals surface area (Å²) in [4.78, 5) is 27.6. The zero-order chi connectivity index (χ0) is 16.4. The van der Waals surface area contributed by atoms with Crippen molar-refractivity contribution in [2.45, 2.75) is 50.2 Å². The fourth-order valence-corrected chi connectivity index (χ4v) is 3.56. The third-order valence-electron chi connectivity index (χ3n) is 4.72. The van der Waals surface area contributed by atoms with Crippen molar-refractivity contribution in [2.75, 3.05) is 19.7 Å². The Balaban J connectivity index is 1.84. The van der Waals surface area contributed by atoms with Gasteiger partial charge in [0.1, 0.15) is 18.4 Å². The molecule has 0 amide bonds. The van der Waals surface area contributed by atoms with Gasteiger partial charge in [0.2, 0.25) is 0 Å². The van der Waals surface area contributed by atoms with Gasteiger partial charge >= 0.3 is 5.69 Å². The molecule has 4 atom stereocenters. The SMILES string of the molecule is O=c1ccn([C@@H]2C[C@H](N3CCCCC3)[C@@H]([C@H](O)CO)O2)c(=O)[nH]1. The lowest BCUT2D eigenvalue weighted by Gasteiger charge is -2.35. The second-order valence-electron chi connectivity index (χ2n) is 6.22. The number of nitrogens with zero attached hydrogens (tertiary/aromatic N) is 2. The van der Waals surface area contributed by atoms with Crippen LogP contribution in [-0.2, 0) is 4.74 Å². The van der Waals surface area contributed by atoms with Gasteiger partial charge < -0.3 is 14.9 Å². The summed E-state index contributed by atoms with van der Waals surface area (Å²) >= 11 is 0. The number of hydrogen-bond donors (Lipinski definition) is 3. The second-order valence-corrected chi connectivity index (χ2v) is 6.22. The maximum Gasteiger partial charge on any atom is 0.330 e. The first-order chi connectivity index (χ1) is 11.1. The molecule has 2 saturated heterocycles. The summed E-state index contributed by atoms with van der Waals surface area (Å²) in [5.74, 6) is 0. The average Bonchev–Trinajstić information content (AvgIpc) is 3.00. The number of aromatic amines is 1. The standard InChI is InChI=1S/C15H23N3O5/c19-9-11(20)14-10(17-5-2-1-3-6-17)8-13(23-14)18-7-4-12(21)16-15(18)22/h4,7,10-11,13-14,19-20H,1-3,5-6,8-9H2,(H,16,21,22)/t10-,11+,13-,14-/m0/s1. The molecule has 8 heteroatoms. The highest BCUT2D eigenvalue weighted by Gasteiger charge is 2.43. The summed E-state index contributed by atoms with van der Waals surface area (Å²) in [6.45, 7) is 1.47. The molecule has 0 radical (unpaired) electrons. The highest BCUT2D eigenvalue weighted by atomic mass is 16.5. The molecule has 0 saturated carbocycles. The Morgan fingerprint density at radius 3 is 2.70 bits per heavy atom. The minimum absolute atomic E-state index is 0.0544. The van der Waals surface area contributed by atoms with E-state index in [1.165, 1.54) is 23.3 Å². The Hall–Kier alpha value is -1.48. The van der Waals surface area contributed by atoms with Crippen LogP contribution in [0.3, 0.4) is 0 Å². The molecule has 0 aliphatic carbocycles. The van der Waals surface area contributed by atoms with Crippen molar-refractivity contribution in [3.8, 4) is 0 Å². The van der Waals surface area contributed by atoms with Crippen LogP contribution in [0.15, 0.2) is 21.9 Å². The van der Waals surface area contributed by atoms with Crippen LogP contribution in [0.25, 0.3) is 0 Å². The number of aromatic nitrogens is 2. The maximum atomic E-state index is 12.0. The Kier molecular flexibility index (Phi) is 4.96. The van der Waals surface area contributed by atoms with Crippen LogP contribution in [0, 0.1) is 0 Å². The normalized spacial score (nSPS) is 30.4. The van der Waals surface area contributed by atoms with E-state index in [0.29, 0.717) is 6.42 Å². The molecule has 128 valence electrons. The first kappa shape index (κ1) is 16.4. The summed E-state index contributed by atoms with van der Waals surface area (Å²) in [6.07, 6.45) is 3.23. The van der Waals surface area contributed by atoms with Crippen molar-refractivity contribution in [3.63, 3.8) is 0 Å². The van der Waals surface area contributed by atoms with E-state index in [-0.39, 0.29) is 12.6 Å². The molecule has 3 rings (SSSR count). The van der Waals surface area contributed by atoms with Gasteiger partial charge in [-0.05, 0) is 25.9 Å². The Morgan fingerprint density at radius 1 is 1.30 bits per heavy atom. The van der Waals surface area contributed by atoms with Crippen LogP contribution in [0.1, 0.15) is 31.9 Å². The van der Waals surface area contributed by atoms with E-state index in [1.807, 2.05) is 0 Å². The second kappa shape index (κ2) is 6.96. The first-order valence-corrected chi connectivity index (χ1v) is 8.10. The van der Waals surface area contributed by atoms with Gasteiger partial charge in [0.05, 0.1) is 6.61 Å². The molecule has 3 N–H and O–H groups in total. The minimum atomic E-state index is -0.995. The van der Waals surface area contributed by atoms with Crippen molar-refractivity contribution in [1.29, 1.82) is 0 Å². The molecular weight excluding hydrogens is 302 g/mol. The molecule has 2 fully saturated rings. The lowest BCUT2D eigenvalue weighted by Crippen LogP contribution is -2.48. The molecule has 1 aromatic heterocycles. The van der Waals surface area contributed by atoms with E-state index >= 15 is 0 Å². The number of likely N-dealkylation sites (tertiary alicyclic amines) is 1. The van der Waals surface area contributed by atoms with Crippen molar-refractivity contribution in [1.82, 2.24) is 14.5 Å². The van der Waals surface area contributed by atoms with Crippen molar-refractivity contribution in [3.05, 3.63) is 33.1 Å². The number of aliphatic hydroxyl groups is 2. The van der Waals surface area contributed by atoms with E-state index in [9.17, 15) is 19.8 Å². The summed E-state index contributed by atoms with van der Waals surface area (Å²) < 4.78 is 7.21. The Morgan fingerprint density at radius 2 is 2.04 bits per heavy atom. The summed E-state index contributed by atoms with van der Waals surface area (Å²) in [6, 6.07) is 1.22. The molecular formula is C15H23N3O5. The van der Waals surface area contributed by atoms with Crippen molar-refractivity contribution in [2.24, 2.45) is 0 Å². The van der Waals surface area contributed by atoms with Crippen molar-refractivity contribution >= 4 is 0 Å². The lowest BCUT2D eigenvalue weighted by atomic mass is 10.00. The van der Waals surface area contributed by atoms with Crippen LogP contribution in [-0.4, -0.2) is 62.6 Å². The van der Waals surface area contributed by atoms with E-state index in [4.69, 9.17) is 4.74 Å². The number of rotatable bonds is 4. The third kappa shape index (κ3) is 3.40. The van der Waals surface area contributed by atoms with Gasteiger partial charge in [0.15, 0.2) is 0 Å². The number of aliphatic hydroxyl groups excluding tert-OH is 2. The Labute approximate surface area is 133 Å². The highest BCUT2D eigenvalue weighted by molar-refractivity contribution is 4.95. The summed E-state index contributed by atoms with van der Waals surface area (Å²) in [7, 11) is 0. The maximum absolute atomic E-state index is 12.0. The summed E-state index contributed by atoms with van der Waals surface area (Å²) in [5, 5.41) is 19.4. The molecule has 2 aliphatic heterocycles. The van der Waals surface area contributed by atoms with Crippen molar-refractivity contribution < 1.29 is 14.9 Å². The van der Waals surface area contributed by atoms with Gasteiger partial charge in [0.25, 0.3) is 5.56 Å². The van der Waals surface area contributed by atoms with Crippen LogP contribution >= 0.6 is 0 Å². The molecule has 0 bridgehead atoms. The number of piperidine rings is 1. The van der Waals surface area contributed by atoms with Gasteiger partial charge in [-0.1, -0.05) is 6.42 Å². The molecule has 0 spiro atoms. The van der Waals surface area contributed by atoms with Gasteiger partial charge in [-0.2, -0.15) is 0 Å².